The maximum absolute atomic E-state index is 11.5. The Bertz CT molecular complexity index is 1490. The third-order valence-corrected chi connectivity index (χ3v) is 6.16. The van der Waals surface area contributed by atoms with Gasteiger partial charge in [0.2, 0.25) is 0 Å². The lowest BCUT2D eigenvalue weighted by Crippen LogP contribution is -2.35. The number of aromatic nitrogens is 1. The van der Waals surface area contributed by atoms with Gasteiger partial charge in [0.25, 0.3) is 0 Å². The minimum atomic E-state index is -1.22. The molecule has 44 heavy (non-hydrogen) atoms. The highest BCUT2D eigenvalue weighted by Gasteiger charge is 2.20. The van der Waals surface area contributed by atoms with Gasteiger partial charge in [-0.2, -0.15) is 0 Å². The van der Waals surface area contributed by atoms with E-state index in [9.17, 15) is 39.6 Å². The first-order chi connectivity index (χ1) is 20.9. The van der Waals surface area contributed by atoms with Crippen LogP contribution in [0.1, 0.15) is 16.7 Å². The van der Waals surface area contributed by atoms with Crippen molar-refractivity contribution < 1.29 is 53.6 Å². The molecule has 0 radical (unpaired) electrons. The van der Waals surface area contributed by atoms with E-state index in [1.165, 1.54) is 4.90 Å². The fourth-order valence-corrected chi connectivity index (χ4v) is 4.23. The number of benzene rings is 2. The molecular formula is C31H34N3O10+. The predicted octanol–water partition coefficient (Wildman–Crippen LogP) is 2.40. The van der Waals surface area contributed by atoms with E-state index >= 15 is 0 Å². The number of ether oxygens (including phenoxy) is 2. The first-order valence-corrected chi connectivity index (χ1v) is 13.4. The molecule has 13 nitrogen and oxygen atoms in total. The van der Waals surface area contributed by atoms with Crippen LogP contribution in [0.5, 0.6) is 11.5 Å². The molecule has 232 valence electrons. The molecule has 0 spiro atoms. The summed E-state index contributed by atoms with van der Waals surface area (Å²) in [7, 11) is 1.90. The van der Waals surface area contributed by atoms with E-state index in [-0.39, 0.29) is 36.1 Å². The van der Waals surface area contributed by atoms with Gasteiger partial charge in [-0.25, -0.2) is 4.57 Å². The molecule has 0 amide bonds. The average molecular weight is 609 g/mol. The molecule has 0 bridgehead atoms. The number of pyridine rings is 1. The second kappa shape index (κ2) is 15.6. The summed E-state index contributed by atoms with van der Waals surface area (Å²) in [5.74, 6) is -4.39. The smallest absolute Gasteiger partial charge is 0.323 e. The van der Waals surface area contributed by atoms with Crippen molar-refractivity contribution in [1.29, 1.82) is 0 Å². The second-order valence-corrected chi connectivity index (χ2v) is 9.81. The molecule has 2 aromatic carbocycles. The van der Waals surface area contributed by atoms with Gasteiger partial charge >= 0.3 is 23.9 Å². The van der Waals surface area contributed by atoms with Gasteiger partial charge in [0.1, 0.15) is 57.9 Å². The molecule has 13 heteroatoms. The molecule has 3 aromatic rings. The number of carboxylic acids is 4. The summed E-state index contributed by atoms with van der Waals surface area (Å²) in [6.45, 7) is -0.591. The quantitative estimate of drug-likeness (QED) is 0.130. The summed E-state index contributed by atoms with van der Waals surface area (Å²) in [4.78, 5) is 48.1. The van der Waals surface area contributed by atoms with Crippen LogP contribution >= 0.6 is 0 Å². The number of hydrogen-bond acceptors (Lipinski definition) is 8. The SMILES string of the molecule is Cc1ccc(N(CC(=O)O)CC(=O)O)c(OCCOc2cc(C=Cc3cc[n+](C)cc3)ccc2N(CC(=O)O)CC(=O)O)c1. The maximum atomic E-state index is 11.5. The van der Waals surface area contributed by atoms with Crippen LogP contribution in [0.15, 0.2) is 60.9 Å². The highest BCUT2D eigenvalue weighted by atomic mass is 16.5. The van der Waals surface area contributed by atoms with Crippen molar-refractivity contribution in [3.05, 3.63) is 77.6 Å². The lowest BCUT2D eigenvalue weighted by atomic mass is 10.1. The third-order valence-electron chi connectivity index (χ3n) is 6.16. The Kier molecular flexibility index (Phi) is 11.7. The zero-order valence-electron chi connectivity index (χ0n) is 24.3. The minimum absolute atomic E-state index is 0.0527. The van der Waals surface area contributed by atoms with Crippen LogP contribution in [0.4, 0.5) is 11.4 Å². The molecule has 1 aromatic heterocycles. The van der Waals surface area contributed by atoms with E-state index in [1.54, 1.807) is 43.3 Å². The van der Waals surface area contributed by atoms with Crippen LogP contribution in [0.2, 0.25) is 0 Å². The van der Waals surface area contributed by atoms with Crippen LogP contribution in [0.3, 0.4) is 0 Å². The monoisotopic (exact) mass is 608 g/mol. The summed E-state index contributed by atoms with van der Waals surface area (Å²) in [5, 5.41) is 37.3. The topological polar surface area (TPSA) is 178 Å². The molecule has 0 aliphatic heterocycles. The molecule has 1 heterocycles. The van der Waals surface area contributed by atoms with Crippen molar-refractivity contribution in [2.75, 3.05) is 49.2 Å². The summed E-state index contributed by atoms with van der Waals surface area (Å²) in [6.07, 6.45) is 7.51. The normalized spacial score (nSPS) is 10.8. The van der Waals surface area contributed by atoms with E-state index in [2.05, 4.69) is 0 Å². The van der Waals surface area contributed by atoms with Gasteiger partial charge < -0.3 is 39.7 Å². The molecule has 0 atom stereocenters. The van der Waals surface area contributed by atoms with Crippen molar-refractivity contribution in [3.63, 3.8) is 0 Å². The Morgan fingerprint density at radius 2 is 1.09 bits per heavy atom. The number of rotatable bonds is 17. The van der Waals surface area contributed by atoms with Gasteiger partial charge in [-0.05, 0) is 47.9 Å². The molecule has 0 aliphatic carbocycles. The number of aryl methyl sites for hydroxylation is 2. The van der Waals surface area contributed by atoms with Crippen molar-refractivity contribution in [1.82, 2.24) is 0 Å². The molecule has 0 saturated heterocycles. The molecule has 0 fully saturated rings. The fraction of sp³-hybridized carbons (Fsp3) is 0.258. The summed E-state index contributed by atoms with van der Waals surface area (Å²) in [6, 6.07) is 13.7. The fourth-order valence-electron chi connectivity index (χ4n) is 4.23. The van der Waals surface area contributed by atoms with E-state index < -0.39 is 50.1 Å². The third kappa shape index (κ3) is 10.4. The first-order valence-electron chi connectivity index (χ1n) is 13.4. The second-order valence-electron chi connectivity index (χ2n) is 9.81. The molecule has 4 N–H and O–H groups in total. The summed E-state index contributed by atoms with van der Waals surface area (Å²) in [5.41, 5.74) is 2.97. The molecular weight excluding hydrogens is 574 g/mol. The number of hydrogen-bond donors (Lipinski definition) is 4. The minimum Gasteiger partial charge on any atom is -0.488 e. The van der Waals surface area contributed by atoms with Gasteiger partial charge in [0, 0.05) is 12.1 Å². The Morgan fingerprint density at radius 3 is 1.57 bits per heavy atom. The van der Waals surface area contributed by atoms with E-state index in [4.69, 9.17) is 9.47 Å². The van der Waals surface area contributed by atoms with Crippen molar-refractivity contribution in [2.45, 2.75) is 6.92 Å². The number of aliphatic carboxylic acids is 4. The van der Waals surface area contributed by atoms with Crippen molar-refractivity contribution in [2.24, 2.45) is 7.05 Å². The molecule has 0 saturated carbocycles. The number of carbonyl (C=O) groups is 4. The van der Waals surface area contributed by atoms with E-state index in [1.807, 2.05) is 48.3 Å². The highest BCUT2D eigenvalue weighted by molar-refractivity contribution is 5.82. The molecule has 0 aliphatic rings. The zero-order valence-corrected chi connectivity index (χ0v) is 24.3. The van der Waals surface area contributed by atoms with Gasteiger partial charge in [-0.15, -0.1) is 0 Å². The van der Waals surface area contributed by atoms with Gasteiger partial charge in [0.15, 0.2) is 12.4 Å². The summed E-state index contributed by atoms with van der Waals surface area (Å²) >= 11 is 0. The largest absolute Gasteiger partial charge is 0.488 e. The van der Waals surface area contributed by atoms with Gasteiger partial charge in [0.05, 0.1) is 11.4 Å². The summed E-state index contributed by atoms with van der Waals surface area (Å²) < 4.78 is 13.8. The van der Waals surface area contributed by atoms with Crippen molar-refractivity contribution in [3.8, 4) is 11.5 Å². The standard InChI is InChI=1S/C31H33N3O10/c1-21-3-7-24(33(17-28(35)36)18-29(37)38)26(15-21)43-13-14-44-27-16-23(5-4-22-9-11-32(2)12-10-22)6-8-25(27)34(19-30(39)40)20-31(41)42/h3-12,15-16H,13-14,17-20H2,1-2H3,(H3-,35,36,37,38,39,40,41,42)/p+1. The molecule has 3 rings (SSSR count). The van der Waals surface area contributed by atoms with E-state index in [0.717, 1.165) is 16.0 Å². The van der Waals surface area contributed by atoms with Gasteiger partial charge in [-0.3, -0.25) is 19.2 Å². The average Bonchev–Trinajstić information content (AvgIpc) is 2.93. The zero-order chi connectivity index (χ0) is 32.2. The Labute approximate surface area is 253 Å². The van der Waals surface area contributed by atoms with Crippen LogP contribution in [0.25, 0.3) is 12.2 Å². The number of nitrogens with zero attached hydrogens (tertiary/aromatic N) is 3. The van der Waals surface area contributed by atoms with Crippen LogP contribution in [-0.2, 0) is 26.2 Å². The lowest BCUT2D eigenvalue weighted by molar-refractivity contribution is -0.671. The van der Waals surface area contributed by atoms with Crippen LogP contribution < -0.4 is 23.8 Å². The van der Waals surface area contributed by atoms with Crippen LogP contribution in [-0.4, -0.2) is 83.7 Å². The predicted molar refractivity (Wildman–Crippen MR) is 160 cm³/mol. The van der Waals surface area contributed by atoms with E-state index in [0.29, 0.717) is 5.56 Å². The first kappa shape index (κ1) is 32.9. The number of anilines is 2. The Balaban J connectivity index is 1.85. The number of carboxylic acid groups (broad SMARTS) is 4. The Hall–Kier alpha value is -5.59. The Morgan fingerprint density at radius 1 is 0.659 bits per heavy atom. The van der Waals surface area contributed by atoms with Crippen molar-refractivity contribution >= 4 is 47.4 Å². The lowest BCUT2D eigenvalue weighted by Gasteiger charge is -2.25. The highest BCUT2D eigenvalue weighted by Crippen LogP contribution is 2.32. The maximum Gasteiger partial charge on any atom is 0.323 e. The van der Waals surface area contributed by atoms with Gasteiger partial charge in [-0.1, -0.05) is 24.3 Å². The molecule has 0 unspecified atom stereocenters. The van der Waals surface area contributed by atoms with Crippen LogP contribution in [0, 0.1) is 6.92 Å².